The third kappa shape index (κ3) is 6.75. The number of nitrogens with one attached hydrogen (secondary N) is 2. The van der Waals surface area contributed by atoms with E-state index in [2.05, 4.69) is 31.6 Å². The van der Waals surface area contributed by atoms with Crippen LogP contribution in [0.4, 0.5) is 5.82 Å². The van der Waals surface area contributed by atoms with E-state index >= 15 is 0 Å². The van der Waals surface area contributed by atoms with Crippen LogP contribution in [0.25, 0.3) is 0 Å². The minimum absolute atomic E-state index is 0. The quantitative estimate of drug-likeness (QED) is 0.286. The Kier molecular flexibility index (Phi) is 9.76. The van der Waals surface area contributed by atoms with Crippen molar-refractivity contribution in [3.8, 4) is 0 Å². The summed E-state index contributed by atoms with van der Waals surface area (Å²) in [6.07, 6.45) is 3.70. The highest BCUT2D eigenvalue weighted by Crippen LogP contribution is 2.26. The number of guanidine groups is 1. The smallest absolute Gasteiger partial charge is 0.191 e. The predicted octanol–water partition coefficient (Wildman–Crippen LogP) is 3.80. The molecule has 0 saturated carbocycles. The number of aliphatic imine (C=N–C) groups is 1. The molecule has 1 fully saturated rings. The average Bonchev–Trinajstić information content (AvgIpc) is 3.36. The third-order valence-corrected chi connectivity index (χ3v) is 5.72. The fourth-order valence-electron chi connectivity index (χ4n) is 2.99. The number of halogens is 2. The molecule has 0 bridgehead atoms. The highest BCUT2D eigenvalue weighted by Gasteiger charge is 2.14. The van der Waals surface area contributed by atoms with Crippen LogP contribution in [-0.4, -0.2) is 42.2 Å². The van der Waals surface area contributed by atoms with Gasteiger partial charge in [0, 0.05) is 37.3 Å². The molecular weight excluding hydrogens is 509 g/mol. The van der Waals surface area contributed by atoms with Gasteiger partial charge in [0.25, 0.3) is 0 Å². The van der Waals surface area contributed by atoms with Crippen molar-refractivity contribution >= 4 is 58.7 Å². The summed E-state index contributed by atoms with van der Waals surface area (Å²) in [5.74, 6) is 1.71. The van der Waals surface area contributed by atoms with E-state index in [4.69, 9.17) is 11.6 Å². The number of aromatic nitrogens is 1. The van der Waals surface area contributed by atoms with Gasteiger partial charge in [0.15, 0.2) is 5.96 Å². The van der Waals surface area contributed by atoms with Crippen molar-refractivity contribution in [1.29, 1.82) is 0 Å². The van der Waals surface area contributed by atoms with Gasteiger partial charge in [-0.15, -0.1) is 35.3 Å². The molecule has 3 N–H and O–H groups in total. The van der Waals surface area contributed by atoms with Gasteiger partial charge in [-0.1, -0.05) is 11.6 Å². The van der Waals surface area contributed by atoms with E-state index in [1.807, 2.05) is 25.3 Å². The second kappa shape index (κ2) is 11.8. The molecule has 154 valence electrons. The minimum atomic E-state index is -0.617. The van der Waals surface area contributed by atoms with Gasteiger partial charge >= 0.3 is 0 Å². The third-order valence-electron chi connectivity index (χ3n) is 4.39. The molecule has 1 aliphatic heterocycles. The lowest BCUT2D eigenvalue weighted by Crippen LogP contribution is -2.39. The van der Waals surface area contributed by atoms with Gasteiger partial charge < -0.3 is 20.6 Å². The molecule has 3 heterocycles. The van der Waals surface area contributed by atoms with Crippen LogP contribution < -0.4 is 15.5 Å². The Bertz CT molecular complexity index is 766. The highest BCUT2D eigenvalue weighted by molar-refractivity contribution is 14.0. The molecule has 0 aromatic carbocycles. The van der Waals surface area contributed by atoms with Crippen molar-refractivity contribution in [3.63, 3.8) is 0 Å². The van der Waals surface area contributed by atoms with Gasteiger partial charge in [-0.05, 0) is 49.6 Å². The van der Waals surface area contributed by atoms with Crippen molar-refractivity contribution in [3.05, 3.63) is 45.2 Å². The summed E-state index contributed by atoms with van der Waals surface area (Å²) in [6.45, 7) is 5.85. The second-order valence-electron chi connectivity index (χ2n) is 6.45. The maximum absolute atomic E-state index is 10.3. The van der Waals surface area contributed by atoms with E-state index in [1.54, 1.807) is 6.07 Å². The molecule has 1 aliphatic rings. The van der Waals surface area contributed by atoms with Crippen molar-refractivity contribution in [1.82, 2.24) is 15.6 Å². The van der Waals surface area contributed by atoms with Crippen LogP contribution >= 0.6 is 46.9 Å². The van der Waals surface area contributed by atoms with Crippen molar-refractivity contribution in [2.75, 3.05) is 31.1 Å². The van der Waals surface area contributed by atoms with E-state index in [0.29, 0.717) is 23.4 Å². The molecule has 2 aromatic heterocycles. The Morgan fingerprint density at radius 3 is 2.79 bits per heavy atom. The Balaban J connectivity index is 0.00000280. The monoisotopic (exact) mass is 535 g/mol. The SMILES string of the molecule is CCNC(=NCc1ccnc(N2CCCC2)c1)NCC(O)c1ccc(Cl)s1.I. The molecule has 9 heteroatoms. The Hall–Kier alpha value is -1.10. The van der Waals surface area contributed by atoms with Crippen LogP contribution in [0.15, 0.2) is 35.5 Å². The fraction of sp³-hybridized carbons (Fsp3) is 0.474. The van der Waals surface area contributed by atoms with Crippen LogP contribution in [0.5, 0.6) is 0 Å². The molecule has 0 aliphatic carbocycles. The van der Waals surface area contributed by atoms with E-state index in [1.165, 1.54) is 24.2 Å². The molecule has 28 heavy (non-hydrogen) atoms. The number of hydrogen-bond acceptors (Lipinski definition) is 5. The van der Waals surface area contributed by atoms with Crippen LogP contribution in [-0.2, 0) is 6.54 Å². The summed E-state index contributed by atoms with van der Waals surface area (Å²) in [6, 6.07) is 7.75. The Morgan fingerprint density at radius 1 is 1.32 bits per heavy atom. The van der Waals surface area contributed by atoms with E-state index in [-0.39, 0.29) is 24.0 Å². The summed E-state index contributed by atoms with van der Waals surface area (Å²) in [5, 5.41) is 16.7. The first kappa shape index (κ1) is 23.2. The maximum Gasteiger partial charge on any atom is 0.191 e. The maximum atomic E-state index is 10.3. The van der Waals surface area contributed by atoms with Crippen molar-refractivity contribution in [2.24, 2.45) is 4.99 Å². The zero-order chi connectivity index (χ0) is 19.1. The normalized spacial score (nSPS) is 15.2. The number of hydrogen-bond donors (Lipinski definition) is 3. The topological polar surface area (TPSA) is 72.8 Å². The zero-order valence-electron chi connectivity index (χ0n) is 15.9. The first-order valence-electron chi connectivity index (χ1n) is 9.31. The molecule has 1 atom stereocenters. The fourth-order valence-corrected chi connectivity index (χ4v) is 4.04. The summed E-state index contributed by atoms with van der Waals surface area (Å²) < 4.78 is 0.677. The summed E-state index contributed by atoms with van der Waals surface area (Å²) >= 11 is 7.32. The van der Waals surface area contributed by atoms with E-state index in [9.17, 15) is 5.11 Å². The summed E-state index contributed by atoms with van der Waals surface area (Å²) in [4.78, 5) is 12.3. The average molecular weight is 536 g/mol. The van der Waals surface area contributed by atoms with Gasteiger partial charge in [0.1, 0.15) is 11.9 Å². The van der Waals surface area contributed by atoms with Crippen LogP contribution in [0, 0.1) is 0 Å². The molecular formula is C19H27ClIN5OS. The number of aliphatic hydroxyl groups is 1. The van der Waals surface area contributed by atoms with E-state index in [0.717, 1.165) is 35.9 Å². The number of anilines is 1. The highest BCUT2D eigenvalue weighted by atomic mass is 127. The Labute approximate surface area is 192 Å². The lowest BCUT2D eigenvalue weighted by atomic mass is 10.2. The number of rotatable bonds is 7. The van der Waals surface area contributed by atoms with Crippen LogP contribution in [0.1, 0.15) is 36.3 Å². The van der Waals surface area contributed by atoms with Gasteiger partial charge in [-0.2, -0.15) is 0 Å². The zero-order valence-corrected chi connectivity index (χ0v) is 19.8. The number of aliphatic hydroxyl groups excluding tert-OH is 1. The lowest BCUT2D eigenvalue weighted by Gasteiger charge is -2.17. The standard InChI is InChI=1S/C19H26ClN5OS.HI/c1-2-21-19(24-13-15(26)16-5-6-17(20)27-16)23-12-14-7-8-22-18(11-14)25-9-3-4-10-25;/h5-8,11,15,26H,2-4,9-10,12-13H2,1H3,(H2,21,23,24);1H. The molecule has 1 saturated heterocycles. The second-order valence-corrected chi connectivity index (χ2v) is 8.20. The molecule has 6 nitrogen and oxygen atoms in total. The van der Waals surface area contributed by atoms with Gasteiger partial charge in [0.2, 0.25) is 0 Å². The molecule has 2 aromatic rings. The minimum Gasteiger partial charge on any atom is -0.386 e. The first-order chi connectivity index (χ1) is 13.2. The number of thiophene rings is 1. The molecule has 1 unspecified atom stereocenters. The molecule has 0 radical (unpaired) electrons. The largest absolute Gasteiger partial charge is 0.386 e. The van der Waals surface area contributed by atoms with Gasteiger partial charge in [-0.25, -0.2) is 9.98 Å². The summed E-state index contributed by atoms with van der Waals surface area (Å²) in [7, 11) is 0. The Morgan fingerprint density at radius 2 is 2.11 bits per heavy atom. The summed E-state index contributed by atoms with van der Waals surface area (Å²) in [5.41, 5.74) is 1.12. The van der Waals surface area contributed by atoms with Crippen molar-refractivity contribution in [2.45, 2.75) is 32.4 Å². The number of nitrogens with zero attached hydrogens (tertiary/aromatic N) is 3. The van der Waals surface area contributed by atoms with E-state index < -0.39 is 6.10 Å². The molecule has 0 amide bonds. The van der Waals surface area contributed by atoms with Crippen LogP contribution in [0.3, 0.4) is 0 Å². The molecule has 3 rings (SSSR count). The number of pyridine rings is 1. The van der Waals surface area contributed by atoms with Gasteiger partial charge in [-0.3, -0.25) is 0 Å². The van der Waals surface area contributed by atoms with Crippen molar-refractivity contribution < 1.29 is 5.11 Å². The van der Waals surface area contributed by atoms with Crippen LogP contribution in [0.2, 0.25) is 4.34 Å². The van der Waals surface area contributed by atoms with Gasteiger partial charge in [0.05, 0.1) is 10.9 Å². The lowest BCUT2D eigenvalue weighted by molar-refractivity contribution is 0.184. The first-order valence-corrected chi connectivity index (χ1v) is 10.5. The molecule has 0 spiro atoms. The predicted molar refractivity (Wildman–Crippen MR) is 128 cm³/mol.